The van der Waals surface area contributed by atoms with Gasteiger partial charge in [-0.1, -0.05) is 30.3 Å². The smallest absolute Gasteiger partial charge is 0.252 e. The lowest BCUT2D eigenvalue weighted by Gasteiger charge is -2.24. The van der Waals surface area contributed by atoms with Crippen LogP contribution in [0.1, 0.15) is 27.9 Å². The Balaban J connectivity index is 1.56. The second kappa shape index (κ2) is 5.25. The molecule has 1 atom stereocenters. The van der Waals surface area contributed by atoms with Crippen LogP contribution >= 0.6 is 0 Å². The summed E-state index contributed by atoms with van der Waals surface area (Å²) in [5, 5.41) is 14.7. The van der Waals surface area contributed by atoms with Crippen LogP contribution in [-0.4, -0.2) is 22.5 Å². The van der Waals surface area contributed by atoms with Crippen molar-refractivity contribution in [2.24, 2.45) is 0 Å². The molecule has 1 unspecified atom stereocenters. The predicted molar refractivity (Wildman–Crippen MR) is 89.3 cm³/mol. The molecule has 1 heterocycles. The SMILES string of the molecule is O=C(NCC1(O)CCc2ccccc21)c1cccc2[nH]ccc12. The maximum Gasteiger partial charge on any atom is 0.252 e. The van der Waals surface area contributed by atoms with Crippen molar-refractivity contribution in [3.63, 3.8) is 0 Å². The van der Waals surface area contributed by atoms with Crippen molar-refractivity contribution in [1.29, 1.82) is 0 Å². The van der Waals surface area contributed by atoms with Crippen LogP contribution in [0, 0.1) is 0 Å². The predicted octanol–water partition coefficient (Wildman–Crippen LogP) is 2.73. The van der Waals surface area contributed by atoms with E-state index in [1.807, 2.05) is 48.7 Å². The number of carbonyl (C=O) groups is 1. The van der Waals surface area contributed by atoms with Crippen molar-refractivity contribution in [2.75, 3.05) is 6.54 Å². The monoisotopic (exact) mass is 306 g/mol. The van der Waals surface area contributed by atoms with E-state index in [1.54, 1.807) is 6.07 Å². The fraction of sp³-hybridized carbons (Fsp3) is 0.211. The number of amides is 1. The van der Waals surface area contributed by atoms with Gasteiger partial charge in [0.1, 0.15) is 5.60 Å². The van der Waals surface area contributed by atoms with Crippen LogP contribution in [0.5, 0.6) is 0 Å². The third-order valence-corrected chi connectivity index (χ3v) is 4.71. The summed E-state index contributed by atoms with van der Waals surface area (Å²) in [6, 6.07) is 15.4. The summed E-state index contributed by atoms with van der Waals surface area (Å²) >= 11 is 0. The number of nitrogens with one attached hydrogen (secondary N) is 2. The molecule has 1 aliphatic carbocycles. The molecular formula is C19H18N2O2. The number of aryl methyl sites for hydroxylation is 1. The molecule has 116 valence electrons. The maximum absolute atomic E-state index is 12.5. The van der Waals surface area contributed by atoms with E-state index >= 15 is 0 Å². The van der Waals surface area contributed by atoms with Gasteiger partial charge in [0.15, 0.2) is 0 Å². The second-order valence-corrected chi connectivity index (χ2v) is 6.12. The number of rotatable bonds is 3. The molecule has 1 amide bonds. The molecule has 1 aromatic heterocycles. The van der Waals surface area contributed by atoms with Gasteiger partial charge in [0.2, 0.25) is 0 Å². The van der Waals surface area contributed by atoms with Gasteiger partial charge in [-0.05, 0) is 42.2 Å². The fourth-order valence-electron chi connectivity index (χ4n) is 3.46. The number of hydrogen-bond acceptors (Lipinski definition) is 2. The molecule has 0 radical (unpaired) electrons. The molecule has 0 saturated heterocycles. The molecule has 0 aliphatic heterocycles. The summed E-state index contributed by atoms with van der Waals surface area (Å²) in [5.74, 6) is -0.159. The van der Waals surface area contributed by atoms with Gasteiger partial charge in [-0.15, -0.1) is 0 Å². The van der Waals surface area contributed by atoms with Crippen molar-refractivity contribution in [2.45, 2.75) is 18.4 Å². The molecule has 0 bridgehead atoms. The minimum absolute atomic E-state index is 0.159. The summed E-state index contributed by atoms with van der Waals surface area (Å²) in [6.45, 7) is 0.226. The number of aliphatic hydroxyl groups is 1. The summed E-state index contributed by atoms with van der Waals surface area (Å²) in [6.07, 6.45) is 3.30. The zero-order valence-electron chi connectivity index (χ0n) is 12.7. The molecule has 3 N–H and O–H groups in total. The van der Waals surface area contributed by atoms with E-state index in [0.717, 1.165) is 28.5 Å². The minimum atomic E-state index is -0.974. The largest absolute Gasteiger partial charge is 0.383 e. The van der Waals surface area contributed by atoms with Gasteiger partial charge >= 0.3 is 0 Å². The normalized spacial score (nSPS) is 19.7. The second-order valence-electron chi connectivity index (χ2n) is 6.12. The van der Waals surface area contributed by atoms with E-state index < -0.39 is 5.60 Å². The van der Waals surface area contributed by atoms with Gasteiger partial charge in [0.25, 0.3) is 5.91 Å². The first-order valence-corrected chi connectivity index (χ1v) is 7.82. The van der Waals surface area contributed by atoms with E-state index in [2.05, 4.69) is 10.3 Å². The molecule has 0 spiro atoms. The van der Waals surface area contributed by atoms with Crippen LogP contribution in [0.4, 0.5) is 0 Å². The number of H-pyrrole nitrogens is 1. The molecule has 4 nitrogen and oxygen atoms in total. The van der Waals surface area contributed by atoms with E-state index in [-0.39, 0.29) is 12.5 Å². The third-order valence-electron chi connectivity index (χ3n) is 4.71. The molecule has 4 rings (SSSR count). The molecule has 0 saturated carbocycles. The van der Waals surface area contributed by atoms with Crippen LogP contribution in [0.25, 0.3) is 10.9 Å². The van der Waals surface area contributed by atoms with E-state index in [0.29, 0.717) is 12.0 Å². The van der Waals surface area contributed by atoms with Crippen LogP contribution in [0.3, 0.4) is 0 Å². The first-order valence-electron chi connectivity index (χ1n) is 7.82. The van der Waals surface area contributed by atoms with Gasteiger partial charge in [0, 0.05) is 22.7 Å². The van der Waals surface area contributed by atoms with Crippen LogP contribution in [0.15, 0.2) is 54.7 Å². The molecule has 4 heteroatoms. The summed E-state index contributed by atoms with van der Waals surface area (Å²) in [5.41, 5.74) is 2.68. The van der Waals surface area contributed by atoms with Gasteiger partial charge in [-0.3, -0.25) is 4.79 Å². The van der Waals surface area contributed by atoms with Gasteiger partial charge in [0.05, 0.1) is 6.54 Å². The van der Waals surface area contributed by atoms with Crippen molar-refractivity contribution in [3.8, 4) is 0 Å². The zero-order valence-corrected chi connectivity index (χ0v) is 12.7. The number of carbonyl (C=O) groups excluding carboxylic acids is 1. The summed E-state index contributed by atoms with van der Waals surface area (Å²) in [4.78, 5) is 15.6. The standard InChI is InChI=1S/C19H18N2O2/c22-18(15-5-3-7-17-14(15)9-11-20-17)21-12-19(23)10-8-13-4-1-2-6-16(13)19/h1-7,9,11,20,23H,8,10,12H2,(H,21,22). The summed E-state index contributed by atoms with van der Waals surface area (Å²) in [7, 11) is 0. The molecule has 1 aliphatic rings. The van der Waals surface area contributed by atoms with Crippen LogP contribution < -0.4 is 5.32 Å². The number of fused-ring (bicyclic) bond motifs is 2. The molecule has 0 fully saturated rings. The quantitative estimate of drug-likeness (QED) is 0.696. The van der Waals surface area contributed by atoms with Crippen molar-refractivity contribution in [1.82, 2.24) is 10.3 Å². The first-order chi connectivity index (χ1) is 11.2. The maximum atomic E-state index is 12.5. The Bertz CT molecular complexity index is 884. The van der Waals surface area contributed by atoms with E-state index in [4.69, 9.17) is 0 Å². The highest BCUT2D eigenvalue weighted by atomic mass is 16.3. The lowest BCUT2D eigenvalue weighted by molar-refractivity contribution is 0.0370. The van der Waals surface area contributed by atoms with E-state index in [9.17, 15) is 9.90 Å². The lowest BCUT2D eigenvalue weighted by atomic mass is 9.96. The van der Waals surface area contributed by atoms with Crippen molar-refractivity contribution in [3.05, 3.63) is 71.4 Å². The molecule has 3 aromatic rings. The Morgan fingerprint density at radius 3 is 2.96 bits per heavy atom. The fourth-order valence-corrected chi connectivity index (χ4v) is 3.46. The Morgan fingerprint density at radius 2 is 2.04 bits per heavy atom. The topological polar surface area (TPSA) is 65.1 Å². The average Bonchev–Trinajstić information content (AvgIpc) is 3.18. The minimum Gasteiger partial charge on any atom is -0.383 e. The highest BCUT2D eigenvalue weighted by Gasteiger charge is 2.36. The number of hydrogen-bond donors (Lipinski definition) is 3. The lowest BCUT2D eigenvalue weighted by Crippen LogP contribution is -2.39. The van der Waals surface area contributed by atoms with Crippen LogP contribution in [0.2, 0.25) is 0 Å². The average molecular weight is 306 g/mol. The molecule has 23 heavy (non-hydrogen) atoms. The Hall–Kier alpha value is -2.59. The Labute approximate surface area is 134 Å². The molecule has 2 aromatic carbocycles. The van der Waals surface area contributed by atoms with Crippen molar-refractivity contribution < 1.29 is 9.90 Å². The van der Waals surface area contributed by atoms with Crippen LogP contribution in [-0.2, 0) is 12.0 Å². The number of benzene rings is 2. The number of aromatic amines is 1. The number of aromatic nitrogens is 1. The zero-order chi connectivity index (χ0) is 15.9. The summed E-state index contributed by atoms with van der Waals surface area (Å²) < 4.78 is 0. The van der Waals surface area contributed by atoms with E-state index in [1.165, 1.54) is 0 Å². The Morgan fingerprint density at radius 1 is 1.17 bits per heavy atom. The first kappa shape index (κ1) is 14.0. The third kappa shape index (κ3) is 2.32. The van der Waals surface area contributed by atoms with Crippen molar-refractivity contribution >= 4 is 16.8 Å². The highest BCUT2D eigenvalue weighted by Crippen LogP contribution is 2.36. The van der Waals surface area contributed by atoms with Gasteiger partial charge in [-0.25, -0.2) is 0 Å². The van der Waals surface area contributed by atoms with Gasteiger partial charge in [-0.2, -0.15) is 0 Å². The van der Waals surface area contributed by atoms with Gasteiger partial charge < -0.3 is 15.4 Å². The highest BCUT2D eigenvalue weighted by molar-refractivity contribution is 6.06. The molecular weight excluding hydrogens is 288 g/mol. The Kier molecular flexibility index (Phi) is 3.20.